The molecule has 6 aliphatic rings. The summed E-state index contributed by atoms with van der Waals surface area (Å²) in [7, 11) is 0. The minimum atomic E-state index is -1.26. The van der Waals surface area contributed by atoms with Crippen LogP contribution in [0.25, 0.3) is 0 Å². The lowest BCUT2D eigenvalue weighted by atomic mass is 9.63. The van der Waals surface area contributed by atoms with E-state index >= 15 is 4.39 Å². The molecular formula is C30H41FN4O4. The Kier molecular flexibility index (Phi) is 6.57. The molecule has 3 saturated carbocycles. The highest BCUT2D eigenvalue weighted by Crippen LogP contribution is 2.53. The summed E-state index contributed by atoms with van der Waals surface area (Å²) < 4.78 is 30.9. The molecule has 5 fully saturated rings. The van der Waals surface area contributed by atoms with Crippen LogP contribution < -0.4 is 0 Å². The SMILES string of the molecule is CCc1ncc(C)n1C1C(F)CC2C(=O)C(C(=O)N3CCOCC3)=CN3C4C(CCC5CCCCC54)OC1C23. The molecule has 9 heteroatoms. The number of aryl methyl sites for hydroxylation is 2. The van der Waals surface area contributed by atoms with Gasteiger partial charge in [0.25, 0.3) is 5.91 Å². The predicted octanol–water partition coefficient (Wildman–Crippen LogP) is 3.39. The zero-order valence-corrected chi connectivity index (χ0v) is 23.1. The number of ketones is 1. The Bertz CT molecular complexity index is 1160. The Morgan fingerprint density at radius 3 is 2.69 bits per heavy atom. The molecule has 1 aromatic rings. The number of carbonyl (C=O) groups is 2. The summed E-state index contributed by atoms with van der Waals surface area (Å²) in [4.78, 5) is 36.4. The Morgan fingerprint density at radius 1 is 1.10 bits per heavy atom. The average molecular weight is 541 g/mol. The molecule has 0 radical (unpaired) electrons. The summed E-state index contributed by atoms with van der Waals surface area (Å²) in [6, 6.07) is -0.683. The number of hydrogen-bond donors (Lipinski definition) is 0. The van der Waals surface area contributed by atoms with Gasteiger partial charge in [0, 0.05) is 43.5 Å². The number of rotatable bonds is 3. The first kappa shape index (κ1) is 25.7. The Morgan fingerprint density at radius 2 is 1.90 bits per heavy atom. The molecule has 0 aromatic carbocycles. The molecule has 2 saturated heterocycles. The lowest BCUT2D eigenvalue weighted by molar-refractivity contribution is -0.221. The largest absolute Gasteiger partial charge is 0.378 e. The van der Waals surface area contributed by atoms with Gasteiger partial charge in [0.2, 0.25) is 0 Å². The van der Waals surface area contributed by atoms with Gasteiger partial charge in [-0.2, -0.15) is 0 Å². The van der Waals surface area contributed by atoms with E-state index < -0.39 is 24.2 Å². The van der Waals surface area contributed by atoms with Crippen molar-refractivity contribution in [1.82, 2.24) is 19.4 Å². The number of ether oxygens (including phenoxy) is 2. The fourth-order valence-electron chi connectivity index (χ4n) is 8.95. The van der Waals surface area contributed by atoms with Gasteiger partial charge in [-0.25, -0.2) is 9.37 Å². The van der Waals surface area contributed by atoms with Crippen LogP contribution in [0.3, 0.4) is 0 Å². The van der Waals surface area contributed by atoms with Gasteiger partial charge in [-0.05, 0) is 44.4 Å². The van der Waals surface area contributed by atoms with Crippen molar-refractivity contribution in [3.05, 3.63) is 29.5 Å². The summed E-state index contributed by atoms with van der Waals surface area (Å²) in [5.74, 6) is 0.950. The van der Waals surface area contributed by atoms with Gasteiger partial charge < -0.3 is 23.8 Å². The lowest BCUT2D eigenvalue weighted by Gasteiger charge is -2.62. The molecule has 0 bridgehead atoms. The normalized spacial score (nSPS) is 39.9. The molecule has 3 aliphatic carbocycles. The maximum absolute atomic E-state index is 16.4. The fourth-order valence-corrected chi connectivity index (χ4v) is 8.95. The zero-order chi connectivity index (χ0) is 26.8. The van der Waals surface area contributed by atoms with E-state index in [1.165, 1.54) is 19.3 Å². The maximum atomic E-state index is 16.4. The Labute approximate surface area is 229 Å². The first-order chi connectivity index (χ1) is 19.0. The molecule has 1 aromatic heterocycles. The van der Waals surface area contributed by atoms with E-state index in [1.54, 1.807) is 4.90 Å². The van der Waals surface area contributed by atoms with Crippen LogP contribution in [0, 0.1) is 24.7 Å². The highest BCUT2D eigenvalue weighted by Gasteiger charge is 2.61. The Hall–Kier alpha value is -2.26. The molecule has 9 atom stereocenters. The van der Waals surface area contributed by atoms with Gasteiger partial charge >= 0.3 is 0 Å². The van der Waals surface area contributed by atoms with Gasteiger partial charge in [-0.1, -0.05) is 26.2 Å². The summed E-state index contributed by atoms with van der Waals surface area (Å²) in [5, 5.41) is 0. The van der Waals surface area contributed by atoms with Crippen LogP contribution >= 0.6 is 0 Å². The topological polar surface area (TPSA) is 76.9 Å². The molecule has 4 heterocycles. The van der Waals surface area contributed by atoms with Crippen molar-refractivity contribution in [3.8, 4) is 0 Å². The van der Waals surface area contributed by atoms with Crippen LogP contribution in [-0.4, -0.2) is 87.8 Å². The molecule has 1 amide bonds. The van der Waals surface area contributed by atoms with Crippen molar-refractivity contribution in [2.75, 3.05) is 26.3 Å². The number of Topliss-reactive ketones (excluding diaryl/α,β-unsaturated/α-hetero) is 1. The summed E-state index contributed by atoms with van der Waals surface area (Å²) >= 11 is 0. The molecule has 0 N–H and O–H groups in total. The number of alkyl halides is 1. The minimum absolute atomic E-state index is 0.0304. The van der Waals surface area contributed by atoms with Crippen LogP contribution in [0.15, 0.2) is 18.0 Å². The summed E-state index contributed by atoms with van der Waals surface area (Å²) in [5.41, 5.74) is 1.15. The van der Waals surface area contributed by atoms with E-state index in [0.29, 0.717) is 44.6 Å². The summed E-state index contributed by atoms with van der Waals surface area (Å²) in [6.07, 6.45) is 9.70. The van der Waals surface area contributed by atoms with Crippen molar-refractivity contribution in [3.63, 3.8) is 0 Å². The van der Waals surface area contributed by atoms with Crippen molar-refractivity contribution in [2.24, 2.45) is 17.8 Å². The number of hydrogen-bond acceptors (Lipinski definition) is 6. The van der Waals surface area contributed by atoms with Crippen molar-refractivity contribution in [1.29, 1.82) is 0 Å². The van der Waals surface area contributed by atoms with Crippen LogP contribution in [0.4, 0.5) is 4.39 Å². The van der Waals surface area contributed by atoms with Crippen LogP contribution in [0.1, 0.15) is 69.4 Å². The fraction of sp³-hybridized carbons (Fsp3) is 0.767. The van der Waals surface area contributed by atoms with Gasteiger partial charge in [-0.15, -0.1) is 0 Å². The smallest absolute Gasteiger partial charge is 0.259 e. The molecule has 3 aliphatic heterocycles. The van der Waals surface area contributed by atoms with E-state index in [9.17, 15) is 9.59 Å². The Balaban J connectivity index is 1.33. The number of nitrogens with zero attached hydrogens (tertiary/aromatic N) is 4. The van der Waals surface area contributed by atoms with Crippen LogP contribution in [0.5, 0.6) is 0 Å². The van der Waals surface area contributed by atoms with Crippen molar-refractivity contribution >= 4 is 11.7 Å². The number of aromatic nitrogens is 2. The monoisotopic (exact) mass is 540 g/mol. The second-order valence-corrected chi connectivity index (χ2v) is 12.6. The van der Waals surface area contributed by atoms with E-state index in [0.717, 1.165) is 30.8 Å². The number of halogens is 1. The number of carbonyl (C=O) groups excluding carboxylic acids is 2. The molecular weight excluding hydrogens is 499 g/mol. The van der Waals surface area contributed by atoms with Crippen molar-refractivity contribution in [2.45, 2.75) is 102 Å². The highest BCUT2D eigenvalue weighted by atomic mass is 19.1. The second-order valence-electron chi connectivity index (χ2n) is 12.6. The molecule has 8 nitrogen and oxygen atoms in total. The molecule has 39 heavy (non-hydrogen) atoms. The van der Waals surface area contributed by atoms with E-state index in [4.69, 9.17) is 9.47 Å². The number of imidazole rings is 1. The third-order valence-corrected chi connectivity index (χ3v) is 10.6. The average Bonchev–Trinajstić information content (AvgIpc) is 3.33. The van der Waals surface area contributed by atoms with Gasteiger partial charge in [0.05, 0.1) is 43.0 Å². The predicted molar refractivity (Wildman–Crippen MR) is 142 cm³/mol. The number of morpholine rings is 2. The zero-order valence-electron chi connectivity index (χ0n) is 23.1. The van der Waals surface area contributed by atoms with Gasteiger partial charge in [0.1, 0.15) is 18.1 Å². The van der Waals surface area contributed by atoms with Crippen LogP contribution in [0.2, 0.25) is 0 Å². The van der Waals surface area contributed by atoms with Gasteiger partial charge in [-0.3, -0.25) is 9.59 Å². The van der Waals surface area contributed by atoms with Gasteiger partial charge in [0.15, 0.2) is 5.78 Å². The van der Waals surface area contributed by atoms with E-state index in [1.807, 2.05) is 30.8 Å². The molecule has 7 rings (SSSR count). The number of fused-ring (bicyclic) bond motifs is 4. The quantitative estimate of drug-likeness (QED) is 0.547. The second kappa shape index (κ2) is 9.98. The summed E-state index contributed by atoms with van der Waals surface area (Å²) in [6.45, 7) is 5.94. The highest BCUT2D eigenvalue weighted by molar-refractivity contribution is 6.20. The van der Waals surface area contributed by atoms with Crippen molar-refractivity contribution < 1.29 is 23.5 Å². The molecule has 212 valence electrons. The first-order valence-electron chi connectivity index (χ1n) is 15.2. The number of amides is 1. The van der Waals surface area contributed by atoms with E-state index in [2.05, 4.69) is 9.88 Å². The maximum Gasteiger partial charge on any atom is 0.259 e. The first-order valence-corrected chi connectivity index (χ1v) is 15.2. The minimum Gasteiger partial charge on any atom is -0.378 e. The molecule has 0 spiro atoms. The third-order valence-electron chi connectivity index (χ3n) is 10.6. The molecule has 9 unspecified atom stereocenters. The van der Waals surface area contributed by atoms with Crippen LogP contribution in [-0.2, 0) is 25.5 Å². The third kappa shape index (κ3) is 4.01. The standard InChI is InChI=1S/C30H41FN4O4/c1-3-24-32-15-17(2)35(24)27-22(31)14-20-26-29(27)39-23-9-8-18-6-4-5-7-19(18)25(23)34(26)16-21(28(20)36)30(37)33-10-12-38-13-11-33/h15-16,18-20,22-23,25-27,29H,3-14H2,1-2H3. The lowest BCUT2D eigenvalue weighted by Crippen LogP contribution is -2.71. The van der Waals surface area contributed by atoms with E-state index in [-0.39, 0.29) is 41.9 Å².